The van der Waals surface area contributed by atoms with Crippen LogP contribution in [0.3, 0.4) is 0 Å². The monoisotopic (exact) mass is 290 g/mol. The van der Waals surface area contributed by atoms with Crippen LogP contribution in [-0.2, 0) is 11.2 Å². The molecule has 1 aromatic carbocycles. The summed E-state index contributed by atoms with van der Waals surface area (Å²) in [6.07, 6.45) is 2.79. The Morgan fingerprint density at radius 2 is 2.24 bits per heavy atom. The Bertz CT molecular complexity index is 481. The Morgan fingerprint density at radius 1 is 1.48 bits per heavy atom. The van der Waals surface area contributed by atoms with E-state index in [1.165, 1.54) is 0 Å². The molecule has 2 unspecified atom stereocenters. The molecule has 1 aromatic rings. The van der Waals surface area contributed by atoms with Gasteiger partial charge in [-0.25, -0.2) is 0 Å². The van der Waals surface area contributed by atoms with Gasteiger partial charge in [-0.15, -0.1) is 0 Å². The number of carbonyl (C=O) groups excluding carboxylic acids is 1. The first kappa shape index (κ1) is 15.8. The van der Waals surface area contributed by atoms with Crippen molar-refractivity contribution in [3.05, 3.63) is 29.8 Å². The maximum absolute atomic E-state index is 12.5. The van der Waals surface area contributed by atoms with Crippen LogP contribution in [0.25, 0.3) is 0 Å². The summed E-state index contributed by atoms with van der Waals surface area (Å²) in [5, 5.41) is 6.47. The number of amides is 1. The first-order valence-corrected chi connectivity index (χ1v) is 7.69. The molecule has 0 radical (unpaired) electrons. The number of hydrogen-bond donors (Lipinski definition) is 2. The molecule has 0 spiro atoms. The van der Waals surface area contributed by atoms with E-state index in [1.54, 1.807) is 7.11 Å². The van der Waals surface area contributed by atoms with E-state index in [1.807, 2.05) is 38.1 Å². The second kappa shape index (κ2) is 6.94. The van der Waals surface area contributed by atoms with E-state index in [2.05, 4.69) is 10.6 Å². The lowest BCUT2D eigenvalue weighted by Gasteiger charge is -2.33. The zero-order valence-electron chi connectivity index (χ0n) is 13.2. The van der Waals surface area contributed by atoms with E-state index in [4.69, 9.17) is 4.74 Å². The molecule has 1 heterocycles. The van der Waals surface area contributed by atoms with Crippen molar-refractivity contribution in [2.75, 3.05) is 20.2 Å². The number of ether oxygens (including phenoxy) is 1. The molecule has 1 fully saturated rings. The van der Waals surface area contributed by atoms with Gasteiger partial charge < -0.3 is 15.4 Å². The number of hydrogen-bond acceptors (Lipinski definition) is 3. The smallest absolute Gasteiger partial charge is 0.227 e. The summed E-state index contributed by atoms with van der Waals surface area (Å²) in [5.74, 6) is 1.03. The van der Waals surface area contributed by atoms with Gasteiger partial charge in [-0.3, -0.25) is 4.79 Å². The number of methoxy groups -OCH3 is 1. The summed E-state index contributed by atoms with van der Waals surface area (Å²) in [6, 6.07) is 8.05. The van der Waals surface area contributed by atoms with Crippen molar-refractivity contribution in [3.8, 4) is 5.75 Å². The maximum atomic E-state index is 12.5. The zero-order chi connectivity index (χ0) is 15.3. The Morgan fingerprint density at radius 3 is 2.90 bits per heavy atom. The van der Waals surface area contributed by atoms with Gasteiger partial charge in [-0.05, 0) is 51.3 Å². The lowest BCUT2D eigenvalue weighted by atomic mass is 9.81. The number of rotatable bonds is 5. The number of carbonyl (C=O) groups is 1. The fraction of sp³-hybridized carbons (Fsp3) is 0.588. The standard InChI is InChI=1S/C17H26N2O2/c1-13(11-14-7-4-5-8-15(14)21-3)19-16(20)17(2)9-6-10-18-12-17/h4-5,7-8,13,18H,6,9-12H2,1-3H3,(H,19,20). The average Bonchev–Trinajstić information content (AvgIpc) is 2.48. The van der Waals surface area contributed by atoms with Crippen molar-refractivity contribution in [1.82, 2.24) is 10.6 Å². The van der Waals surface area contributed by atoms with Crippen molar-refractivity contribution in [1.29, 1.82) is 0 Å². The third-order valence-electron chi connectivity index (χ3n) is 4.24. The van der Waals surface area contributed by atoms with Crippen molar-refractivity contribution < 1.29 is 9.53 Å². The number of benzene rings is 1. The van der Waals surface area contributed by atoms with Gasteiger partial charge in [0.1, 0.15) is 5.75 Å². The predicted molar refractivity (Wildman–Crippen MR) is 84.5 cm³/mol. The van der Waals surface area contributed by atoms with Gasteiger partial charge in [0.2, 0.25) is 5.91 Å². The fourth-order valence-corrected chi connectivity index (χ4v) is 2.90. The van der Waals surface area contributed by atoms with Gasteiger partial charge in [0.25, 0.3) is 0 Å². The van der Waals surface area contributed by atoms with Crippen molar-refractivity contribution in [2.24, 2.45) is 5.41 Å². The van der Waals surface area contributed by atoms with Crippen molar-refractivity contribution >= 4 is 5.91 Å². The van der Waals surface area contributed by atoms with Gasteiger partial charge in [0.15, 0.2) is 0 Å². The predicted octanol–water partition coefficient (Wildman–Crippen LogP) is 2.13. The van der Waals surface area contributed by atoms with Gasteiger partial charge >= 0.3 is 0 Å². The highest BCUT2D eigenvalue weighted by atomic mass is 16.5. The summed E-state index contributed by atoms with van der Waals surface area (Å²) < 4.78 is 5.36. The minimum Gasteiger partial charge on any atom is -0.496 e. The summed E-state index contributed by atoms with van der Waals surface area (Å²) in [7, 11) is 1.68. The van der Waals surface area contributed by atoms with Gasteiger partial charge in [-0.2, -0.15) is 0 Å². The number of para-hydroxylation sites is 1. The van der Waals surface area contributed by atoms with Crippen LogP contribution in [0.15, 0.2) is 24.3 Å². The molecule has 21 heavy (non-hydrogen) atoms. The van der Waals surface area contributed by atoms with Crippen LogP contribution in [0.2, 0.25) is 0 Å². The lowest BCUT2D eigenvalue weighted by molar-refractivity contribution is -0.131. The molecule has 116 valence electrons. The minimum absolute atomic E-state index is 0.0903. The summed E-state index contributed by atoms with van der Waals surface area (Å²) in [5.41, 5.74) is 0.840. The van der Waals surface area contributed by atoms with Crippen LogP contribution in [0.4, 0.5) is 0 Å². The summed E-state index contributed by atoms with van der Waals surface area (Å²) in [4.78, 5) is 12.5. The van der Waals surface area contributed by atoms with Gasteiger partial charge in [0, 0.05) is 12.6 Å². The molecular weight excluding hydrogens is 264 g/mol. The van der Waals surface area contributed by atoms with E-state index in [9.17, 15) is 4.79 Å². The maximum Gasteiger partial charge on any atom is 0.227 e. The van der Waals surface area contributed by atoms with E-state index in [-0.39, 0.29) is 17.4 Å². The van der Waals surface area contributed by atoms with Crippen LogP contribution in [0.1, 0.15) is 32.3 Å². The van der Waals surface area contributed by atoms with Crippen LogP contribution < -0.4 is 15.4 Å². The molecule has 2 rings (SSSR count). The second-order valence-corrected chi connectivity index (χ2v) is 6.23. The average molecular weight is 290 g/mol. The molecule has 0 aromatic heterocycles. The molecular formula is C17H26N2O2. The zero-order valence-corrected chi connectivity index (χ0v) is 13.2. The number of nitrogens with one attached hydrogen (secondary N) is 2. The fourth-order valence-electron chi connectivity index (χ4n) is 2.90. The molecule has 0 bridgehead atoms. The highest BCUT2D eigenvalue weighted by Gasteiger charge is 2.35. The van der Waals surface area contributed by atoms with Crippen LogP contribution in [0.5, 0.6) is 5.75 Å². The molecule has 1 amide bonds. The van der Waals surface area contributed by atoms with E-state index >= 15 is 0 Å². The molecule has 0 aliphatic carbocycles. The second-order valence-electron chi connectivity index (χ2n) is 6.23. The van der Waals surface area contributed by atoms with Crippen molar-refractivity contribution in [3.63, 3.8) is 0 Å². The molecule has 4 nitrogen and oxygen atoms in total. The molecule has 0 saturated carbocycles. The Balaban J connectivity index is 1.95. The highest BCUT2D eigenvalue weighted by Crippen LogP contribution is 2.26. The molecule has 4 heteroatoms. The Kier molecular flexibility index (Phi) is 5.23. The van der Waals surface area contributed by atoms with Crippen molar-refractivity contribution in [2.45, 2.75) is 39.2 Å². The largest absolute Gasteiger partial charge is 0.496 e. The Hall–Kier alpha value is -1.55. The molecule has 2 atom stereocenters. The topological polar surface area (TPSA) is 50.4 Å². The normalized spacial score (nSPS) is 23.4. The Labute approximate surface area is 127 Å². The first-order chi connectivity index (χ1) is 10.0. The number of piperidine rings is 1. The summed E-state index contributed by atoms with van der Waals surface area (Å²) in [6.45, 7) is 5.87. The minimum atomic E-state index is -0.284. The first-order valence-electron chi connectivity index (χ1n) is 7.69. The molecule has 2 N–H and O–H groups in total. The van der Waals surface area contributed by atoms with E-state index < -0.39 is 0 Å². The van der Waals surface area contributed by atoms with Gasteiger partial charge in [0.05, 0.1) is 12.5 Å². The SMILES string of the molecule is COc1ccccc1CC(C)NC(=O)C1(C)CCCNC1. The summed E-state index contributed by atoms with van der Waals surface area (Å²) >= 11 is 0. The van der Waals surface area contributed by atoms with E-state index in [0.717, 1.165) is 43.7 Å². The third kappa shape index (κ3) is 3.97. The highest BCUT2D eigenvalue weighted by molar-refractivity contribution is 5.82. The molecule has 1 saturated heterocycles. The third-order valence-corrected chi connectivity index (χ3v) is 4.24. The van der Waals surface area contributed by atoms with E-state index in [0.29, 0.717) is 0 Å². The van der Waals surface area contributed by atoms with Crippen LogP contribution in [0, 0.1) is 5.41 Å². The van der Waals surface area contributed by atoms with Crippen LogP contribution >= 0.6 is 0 Å². The lowest BCUT2D eigenvalue weighted by Crippen LogP contribution is -2.51. The quantitative estimate of drug-likeness (QED) is 0.873. The molecule has 1 aliphatic rings. The van der Waals surface area contributed by atoms with Crippen LogP contribution in [-0.4, -0.2) is 32.1 Å². The molecule has 1 aliphatic heterocycles. The van der Waals surface area contributed by atoms with Gasteiger partial charge in [-0.1, -0.05) is 18.2 Å².